The van der Waals surface area contributed by atoms with Crippen LogP contribution in [0.4, 0.5) is 0 Å². The molecule has 0 unspecified atom stereocenters. The molecule has 0 atom stereocenters. The molecular weight excluding hydrogens is 202 g/mol. The Labute approximate surface area is 95.5 Å². The monoisotopic (exact) mass is 219 g/mol. The van der Waals surface area contributed by atoms with Crippen LogP contribution in [0.1, 0.15) is 29.5 Å². The minimum absolute atomic E-state index is 0.158. The van der Waals surface area contributed by atoms with Gasteiger partial charge in [0.1, 0.15) is 11.5 Å². The average molecular weight is 219 g/mol. The quantitative estimate of drug-likeness (QED) is 0.826. The summed E-state index contributed by atoms with van der Waals surface area (Å²) in [6, 6.07) is 2.07. The molecule has 1 aliphatic carbocycles. The fourth-order valence-electron chi connectivity index (χ4n) is 2.62. The number of methoxy groups -OCH3 is 1. The molecule has 16 heavy (non-hydrogen) atoms. The highest BCUT2D eigenvalue weighted by Gasteiger charge is 2.45. The van der Waals surface area contributed by atoms with Crippen LogP contribution in [0.3, 0.4) is 0 Å². The van der Waals surface area contributed by atoms with Crippen LogP contribution < -0.4 is 15.2 Å². The second kappa shape index (κ2) is 3.14. The number of fused-ring (bicyclic) bond motifs is 1. The van der Waals surface area contributed by atoms with Crippen molar-refractivity contribution in [2.24, 2.45) is 5.73 Å². The molecule has 1 aromatic carbocycles. The molecule has 0 bridgehead atoms. The number of ether oxygens (including phenoxy) is 2. The maximum Gasteiger partial charge on any atom is 0.127 e. The summed E-state index contributed by atoms with van der Waals surface area (Å²) in [7, 11) is 1.72. The Morgan fingerprint density at radius 3 is 2.81 bits per heavy atom. The molecule has 3 rings (SSSR count). The molecule has 2 aliphatic rings. The Morgan fingerprint density at radius 2 is 2.19 bits per heavy atom. The van der Waals surface area contributed by atoms with Crippen molar-refractivity contribution in [1.82, 2.24) is 0 Å². The highest BCUT2D eigenvalue weighted by molar-refractivity contribution is 5.59. The van der Waals surface area contributed by atoms with Crippen molar-refractivity contribution in [3.8, 4) is 11.5 Å². The zero-order valence-corrected chi connectivity index (χ0v) is 9.80. The smallest absolute Gasteiger partial charge is 0.127 e. The standard InChI is InChI=1S/C13H17NO2/c1-8-7-10-9(3-6-16-10)11(12(8)15-2)13(14)4-5-13/h7H,3-6,14H2,1-2H3. The van der Waals surface area contributed by atoms with Gasteiger partial charge in [-0.05, 0) is 31.4 Å². The predicted octanol–water partition coefficient (Wildman–Crippen LogP) is 1.89. The number of nitrogens with two attached hydrogens (primary N) is 1. The highest BCUT2D eigenvalue weighted by Crippen LogP contribution is 2.52. The van der Waals surface area contributed by atoms with E-state index in [0.29, 0.717) is 0 Å². The van der Waals surface area contributed by atoms with E-state index in [4.69, 9.17) is 15.2 Å². The molecule has 1 saturated carbocycles. The molecule has 86 valence electrons. The third-order valence-electron chi connectivity index (χ3n) is 3.63. The van der Waals surface area contributed by atoms with Crippen LogP contribution in [0.2, 0.25) is 0 Å². The van der Waals surface area contributed by atoms with E-state index in [1.165, 1.54) is 11.1 Å². The van der Waals surface area contributed by atoms with Crippen molar-refractivity contribution in [1.29, 1.82) is 0 Å². The molecule has 1 aromatic rings. The SMILES string of the molecule is COc1c(C)cc2c(c1C1(N)CC1)CCO2. The third kappa shape index (κ3) is 1.24. The molecule has 1 heterocycles. The molecule has 0 radical (unpaired) electrons. The van der Waals surface area contributed by atoms with E-state index in [-0.39, 0.29) is 5.54 Å². The molecule has 1 fully saturated rings. The maximum atomic E-state index is 6.35. The van der Waals surface area contributed by atoms with Crippen molar-refractivity contribution in [2.45, 2.75) is 31.7 Å². The van der Waals surface area contributed by atoms with Crippen molar-refractivity contribution >= 4 is 0 Å². The summed E-state index contributed by atoms with van der Waals surface area (Å²) < 4.78 is 11.2. The first kappa shape index (κ1) is 9.97. The molecule has 0 spiro atoms. The number of rotatable bonds is 2. The maximum absolute atomic E-state index is 6.35. The Balaban J connectivity index is 2.26. The lowest BCUT2D eigenvalue weighted by Gasteiger charge is -2.19. The van der Waals surface area contributed by atoms with Gasteiger partial charge in [-0.25, -0.2) is 0 Å². The zero-order chi connectivity index (χ0) is 11.3. The summed E-state index contributed by atoms with van der Waals surface area (Å²) in [5.41, 5.74) is 9.78. The predicted molar refractivity (Wildman–Crippen MR) is 62.0 cm³/mol. The first-order valence-corrected chi connectivity index (χ1v) is 5.78. The van der Waals surface area contributed by atoms with Crippen molar-refractivity contribution in [3.63, 3.8) is 0 Å². The topological polar surface area (TPSA) is 44.5 Å². The van der Waals surface area contributed by atoms with Gasteiger partial charge in [0.2, 0.25) is 0 Å². The van der Waals surface area contributed by atoms with Gasteiger partial charge >= 0.3 is 0 Å². The van der Waals surface area contributed by atoms with E-state index in [2.05, 4.69) is 13.0 Å². The lowest BCUT2D eigenvalue weighted by atomic mass is 9.93. The first-order valence-electron chi connectivity index (χ1n) is 5.78. The van der Waals surface area contributed by atoms with Gasteiger partial charge in [-0.3, -0.25) is 0 Å². The minimum Gasteiger partial charge on any atom is -0.496 e. The van der Waals surface area contributed by atoms with E-state index >= 15 is 0 Å². The first-order chi connectivity index (χ1) is 7.65. The van der Waals surface area contributed by atoms with E-state index < -0.39 is 0 Å². The lowest BCUT2D eigenvalue weighted by Crippen LogP contribution is -2.22. The molecular formula is C13H17NO2. The van der Waals surface area contributed by atoms with Gasteiger partial charge in [0.05, 0.1) is 13.7 Å². The summed E-state index contributed by atoms with van der Waals surface area (Å²) in [5.74, 6) is 1.97. The van der Waals surface area contributed by atoms with Crippen LogP contribution in [-0.2, 0) is 12.0 Å². The minimum atomic E-state index is -0.158. The zero-order valence-electron chi connectivity index (χ0n) is 9.80. The van der Waals surface area contributed by atoms with Gasteiger partial charge in [-0.1, -0.05) is 0 Å². The normalized spacial score (nSPS) is 20.2. The van der Waals surface area contributed by atoms with E-state index in [1.54, 1.807) is 7.11 Å². The van der Waals surface area contributed by atoms with E-state index in [0.717, 1.165) is 42.9 Å². The largest absolute Gasteiger partial charge is 0.496 e. The fraction of sp³-hybridized carbons (Fsp3) is 0.538. The summed E-state index contributed by atoms with van der Waals surface area (Å²) in [5, 5.41) is 0. The van der Waals surface area contributed by atoms with Gasteiger partial charge in [0.15, 0.2) is 0 Å². The summed E-state index contributed by atoms with van der Waals surface area (Å²) in [4.78, 5) is 0. The number of hydrogen-bond donors (Lipinski definition) is 1. The second-order valence-electron chi connectivity index (χ2n) is 4.83. The van der Waals surface area contributed by atoms with Crippen LogP contribution in [0.25, 0.3) is 0 Å². The molecule has 0 amide bonds. The Kier molecular flexibility index (Phi) is 1.96. The Bertz CT molecular complexity index is 446. The van der Waals surface area contributed by atoms with Gasteiger partial charge in [0.25, 0.3) is 0 Å². The number of benzene rings is 1. The number of aryl methyl sites for hydroxylation is 1. The van der Waals surface area contributed by atoms with E-state index in [9.17, 15) is 0 Å². The highest BCUT2D eigenvalue weighted by atomic mass is 16.5. The van der Waals surface area contributed by atoms with Crippen LogP contribution in [-0.4, -0.2) is 13.7 Å². The molecule has 2 N–H and O–H groups in total. The average Bonchev–Trinajstić information content (AvgIpc) is 2.83. The number of hydrogen-bond acceptors (Lipinski definition) is 3. The van der Waals surface area contributed by atoms with Gasteiger partial charge in [-0.15, -0.1) is 0 Å². The molecule has 0 aromatic heterocycles. The van der Waals surface area contributed by atoms with Crippen molar-refractivity contribution in [3.05, 3.63) is 22.8 Å². The molecule has 3 nitrogen and oxygen atoms in total. The third-order valence-corrected chi connectivity index (χ3v) is 3.63. The van der Waals surface area contributed by atoms with Gasteiger partial charge < -0.3 is 15.2 Å². The lowest BCUT2D eigenvalue weighted by molar-refractivity contribution is 0.356. The van der Waals surface area contributed by atoms with Crippen LogP contribution in [0.15, 0.2) is 6.07 Å². The summed E-state index contributed by atoms with van der Waals surface area (Å²) in [6.07, 6.45) is 3.07. The Morgan fingerprint density at radius 1 is 1.44 bits per heavy atom. The Hall–Kier alpha value is -1.22. The molecule has 1 aliphatic heterocycles. The summed E-state index contributed by atoms with van der Waals surface area (Å²) >= 11 is 0. The van der Waals surface area contributed by atoms with E-state index in [1.807, 2.05) is 0 Å². The van der Waals surface area contributed by atoms with Crippen LogP contribution in [0, 0.1) is 6.92 Å². The van der Waals surface area contributed by atoms with Crippen molar-refractivity contribution in [2.75, 3.05) is 13.7 Å². The molecule has 0 saturated heterocycles. The van der Waals surface area contributed by atoms with Crippen molar-refractivity contribution < 1.29 is 9.47 Å². The molecule has 3 heteroatoms. The van der Waals surface area contributed by atoms with Gasteiger partial charge in [0, 0.05) is 23.1 Å². The fourth-order valence-corrected chi connectivity index (χ4v) is 2.62. The second-order valence-corrected chi connectivity index (χ2v) is 4.83. The van der Waals surface area contributed by atoms with Gasteiger partial charge in [-0.2, -0.15) is 0 Å². The summed E-state index contributed by atoms with van der Waals surface area (Å²) in [6.45, 7) is 2.82. The van der Waals surface area contributed by atoms with Crippen LogP contribution in [0.5, 0.6) is 11.5 Å². The van der Waals surface area contributed by atoms with Crippen LogP contribution >= 0.6 is 0 Å².